The van der Waals surface area contributed by atoms with Crippen LogP contribution in [0.15, 0.2) is 18.2 Å². The van der Waals surface area contributed by atoms with Crippen LogP contribution in [-0.2, 0) is 6.42 Å². The van der Waals surface area contributed by atoms with Gasteiger partial charge in [-0.15, -0.1) is 0 Å². The molecular weight excluding hydrogens is 258 g/mol. The summed E-state index contributed by atoms with van der Waals surface area (Å²) >= 11 is 0. The number of piperidine rings is 1. The van der Waals surface area contributed by atoms with Gasteiger partial charge in [-0.2, -0.15) is 5.26 Å². The van der Waals surface area contributed by atoms with Crippen molar-refractivity contribution < 1.29 is 0 Å². The number of hydrogen-bond donors (Lipinski definition) is 1. The maximum atomic E-state index is 9.08. The zero-order valence-electron chi connectivity index (χ0n) is 13.3. The van der Waals surface area contributed by atoms with Gasteiger partial charge in [0.25, 0.3) is 0 Å². The highest BCUT2D eigenvalue weighted by Gasteiger charge is 2.46. The first-order chi connectivity index (χ1) is 9.86. The van der Waals surface area contributed by atoms with Gasteiger partial charge in [-0.25, -0.2) is 0 Å². The Morgan fingerprint density at radius 1 is 1.29 bits per heavy atom. The predicted octanol–water partition coefficient (Wildman–Crippen LogP) is 2.99. The first-order valence-corrected chi connectivity index (χ1v) is 7.89. The van der Waals surface area contributed by atoms with Crippen molar-refractivity contribution >= 4 is 0 Å². The molecule has 21 heavy (non-hydrogen) atoms. The van der Waals surface area contributed by atoms with E-state index in [0.29, 0.717) is 0 Å². The normalized spacial score (nSPS) is 24.8. The third-order valence-electron chi connectivity index (χ3n) is 5.52. The monoisotopic (exact) mass is 283 g/mol. The van der Waals surface area contributed by atoms with E-state index in [-0.39, 0.29) is 17.0 Å². The minimum atomic E-state index is 0.0860. The van der Waals surface area contributed by atoms with Crippen molar-refractivity contribution in [3.63, 3.8) is 0 Å². The zero-order chi connectivity index (χ0) is 15.3. The fraction of sp³-hybridized carbons (Fsp3) is 0.611. The van der Waals surface area contributed by atoms with Gasteiger partial charge in [-0.05, 0) is 81.8 Å². The van der Waals surface area contributed by atoms with E-state index in [2.05, 4.69) is 37.8 Å². The van der Waals surface area contributed by atoms with E-state index in [9.17, 15) is 0 Å². The molecule has 112 valence electrons. The molecule has 1 aromatic rings. The van der Waals surface area contributed by atoms with Gasteiger partial charge in [0.15, 0.2) is 0 Å². The van der Waals surface area contributed by atoms with Crippen molar-refractivity contribution in [2.24, 2.45) is 11.1 Å². The van der Waals surface area contributed by atoms with Gasteiger partial charge in [-0.1, -0.05) is 6.07 Å². The summed E-state index contributed by atoms with van der Waals surface area (Å²) in [6.45, 7) is 9.10. The molecule has 2 N–H and O–H groups in total. The van der Waals surface area contributed by atoms with Crippen molar-refractivity contribution in [3.05, 3.63) is 34.9 Å². The molecule has 1 saturated heterocycles. The summed E-state index contributed by atoms with van der Waals surface area (Å²) in [6.07, 6.45) is 3.39. The molecule has 3 rings (SSSR count). The Bertz CT molecular complexity index is 583. The molecule has 3 heteroatoms. The molecule has 0 unspecified atom stereocenters. The lowest BCUT2D eigenvalue weighted by atomic mass is 9.72. The summed E-state index contributed by atoms with van der Waals surface area (Å²) in [7, 11) is 0. The quantitative estimate of drug-likeness (QED) is 0.796. The second-order valence-electron chi connectivity index (χ2n) is 7.70. The Kier molecular flexibility index (Phi) is 3.35. The number of nitrogens with two attached hydrogens (primary N) is 1. The van der Waals surface area contributed by atoms with Crippen molar-refractivity contribution in [3.8, 4) is 6.07 Å². The van der Waals surface area contributed by atoms with E-state index in [1.807, 2.05) is 12.1 Å². The van der Waals surface area contributed by atoms with Gasteiger partial charge in [0.2, 0.25) is 0 Å². The average molecular weight is 283 g/mol. The number of hydrogen-bond acceptors (Lipinski definition) is 3. The van der Waals surface area contributed by atoms with Crippen molar-refractivity contribution in [1.82, 2.24) is 4.90 Å². The van der Waals surface area contributed by atoms with Crippen molar-refractivity contribution in [1.29, 1.82) is 5.26 Å². The molecule has 1 aliphatic heterocycles. The lowest BCUT2D eigenvalue weighted by Gasteiger charge is -2.47. The summed E-state index contributed by atoms with van der Waals surface area (Å²) in [5.41, 5.74) is 10.3. The fourth-order valence-electron chi connectivity index (χ4n) is 4.04. The molecule has 1 aromatic carbocycles. The Labute approximate surface area is 127 Å². The van der Waals surface area contributed by atoms with Crippen LogP contribution < -0.4 is 5.73 Å². The predicted molar refractivity (Wildman–Crippen MR) is 84.8 cm³/mol. The van der Waals surface area contributed by atoms with E-state index >= 15 is 0 Å². The maximum Gasteiger partial charge on any atom is 0.0991 e. The van der Waals surface area contributed by atoms with Crippen molar-refractivity contribution in [2.45, 2.75) is 51.6 Å². The number of rotatable bonds is 0. The molecule has 3 nitrogen and oxygen atoms in total. The Morgan fingerprint density at radius 3 is 2.52 bits per heavy atom. The van der Waals surface area contributed by atoms with E-state index in [4.69, 9.17) is 11.0 Å². The van der Waals surface area contributed by atoms with Crippen LogP contribution in [0.2, 0.25) is 0 Å². The number of nitriles is 1. The van der Waals surface area contributed by atoms with Crippen LogP contribution in [0, 0.1) is 16.7 Å². The van der Waals surface area contributed by atoms with Gasteiger partial charge in [0, 0.05) is 11.6 Å². The van der Waals surface area contributed by atoms with Crippen LogP contribution >= 0.6 is 0 Å². The highest BCUT2D eigenvalue weighted by molar-refractivity contribution is 5.44. The molecule has 0 aromatic heterocycles. The number of nitrogens with zero attached hydrogens (tertiary/aromatic N) is 2. The van der Waals surface area contributed by atoms with E-state index in [0.717, 1.165) is 37.9 Å². The molecule has 1 aliphatic carbocycles. The highest BCUT2D eigenvalue weighted by Crippen LogP contribution is 2.51. The van der Waals surface area contributed by atoms with Crippen molar-refractivity contribution in [2.75, 3.05) is 13.1 Å². The van der Waals surface area contributed by atoms with Crippen LogP contribution in [0.4, 0.5) is 0 Å². The molecule has 0 saturated carbocycles. The molecule has 2 aliphatic rings. The first-order valence-electron chi connectivity index (χ1n) is 7.89. The van der Waals surface area contributed by atoms with E-state index in [1.54, 1.807) is 0 Å². The second kappa shape index (κ2) is 4.83. The van der Waals surface area contributed by atoms with Crippen LogP contribution in [0.25, 0.3) is 0 Å². The van der Waals surface area contributed by atoms with E-state index < -0.39 is 0 Å². The fourth-order valence-corrected chi connectivity index (χ4v) is 4.04. The maximum absolute atomic E-state index is 9.08. The largest absolute Gasteiger partial charge is 0.323 e. The first kappa shape index (κ1) is 14.6. The Hall–Kier alpha value is -1.37. The zero-order valence-corrected chi connectivity index (χ0v) is 13.3. The number of fused-ring (bicyclic) bond motifs is 1. The minimum absolute atomic E-state index is 0.0860. The molecule has 0 bridgehead atoms. The minimum Gasteiger partial charge on any atom is -0.323 e. The van der Waals surface area contributed by atoms with E-state index in [1.165, 1.54) is 11.1 Å². The number of likely N-dealkylation sites (tertiary alicyclic amines) is 1. The summed E-state index contributed by atoms with van der Waals surface area (Å²) in [4.78, 5) is 2.56. The topological polar surface area (TPSA) is 53.0 Å². The summed E-state index contributed by atoms with van der Waals surface area (Å²) < 4.78 is 0. The summed E-state index contributed by atoms with van der Waals surface area (Å²) in [5.74, 6) is 0. The Morgan fingerprint density at radius 2 is 1.95 bits per heavy atom. The van der Waals surface area contributed by atoms with Gasteiger partial charge >= 0.3 is 0 Å². The highest BCUT2D eigenvalue weighted by atomic mass is 15.2. The second-order valence-corrected chi connectivity index (χ2v) is 7.70. The third kappa shape index (κ3) is 2.37. The van der Waals surface area contributed by atoms with Crippen LogP contribution in [-0.4, -0.2) is 23.5 Å². The summed E-state index contributed by atoms with van der Waals surface area (Å²) in [5, 5.41) is 9.08. The molecule has 0 amide bonds. The lowest BCUT2D eigenvalue weighted by molar-refractivity contribution is 0.0345. The average Bonchev–Trinajstić information content (AvgIpc) is 2.71. The molecule has 1 heterocycles. The van der Waals surface area contributed by atoms with Gasteiger partial charge < -0.3 is 5.73 Å². The van der Waals surface area contributed by atoms with Gasteiger partial charge in [-0.3, -0.25) is 4.90 Å². The van der Waals surface area contributed by atoms with Crippen LogP contribution in [0.1, 0.15) is 56.3 Å². The molecule has 0 radical (unpaired) electrons. The molecule has 1 atom stereocenters. The number of benzene rings is 1. The molecular formula is C18H25N3. The SMILES string of the molecule is CC(C)(C)N1CCC2(CC1)Cc1ccc(C#N)cc1[C@H]2N. The standard InChI is InChI=1S/C18H25N3/c1-17(2,3)21-8-6-18(7-9-21)11-14-5-4-13(12-19)10-15(14)16(18)20/h4-5,10,16H,6-9,11,20H2,1-3H3/t16-/m1/s1. The Balaban J connectivity index is 1.82. The third-order valence-corrected chi connectivity index (χ3v) is 5.52. The summed E-state index contributed by atoms with van der Waals surface area (Å²) in [6, 6.07) is 8.36. The van der Waals surface area contributed by atoms with Crippen LogP contribution in [0.3, 0.4) is 0 Å². The lowest BCUT2D eigenvalue weighted by Crippen LogP contribution is -2.50. The van der Waals surface area contributed by atoms with Gasteiger partial charge in [0.05, 0.1) is 11.6 Å². The molecule has 1 spiro atoms. The molecule has 1 fully saturated rings. The van der Waals surface area contributed by atoms with Crippen LogP contribution in [0.5, 0.6) is 0 Å². The van der Waals surface area contributed by atoms with Gasteiger partial charge in [0.1, 0.15) is 0 Å². The smallest absolute Gasteiger partial charge is 0.0991 e.